The van der Waals surface area contributed by atoms with Gasteiger partial charge >= 0.3 is 8.03 Å². The lowest BCUT2D eigenvalue weighted by molar-refractivity contribution is 0.209. The molecule has 0 spiro atoms. The maximum Gasteiger partial charge on any atom is 0.510 e. The lowest BCUT2D eigenvalue weighted by atomic mass is 10.2. The molecule has 0 aromatic rings. The van der Waals surface area contributed by atoms with E-state index in [0.717, 1.165) is 0 Å². The van der Waals surface area contributed by atoms with E-state index < -0.39 is 14.1 Å². The molecule has 66 valence electrons. The third-order valence-electron chi connectivity index (χ3n) is 0.965. The molecule has 3 nitrogen and oxygen atoms in total. The summed E-state index contributed by atoms with van der Waals surface area (Å²) >= 11 is 0. The Hall–Kier alpha value is 0.0200. The van der Waals surface area contributed by atoms with Crippen LogP contribution in [0.2, 0.25) is 0 Å². The summed E-state index contributed by atoms with van der Waals surface area (Å²) in [6.07, 6.45) is -0.298. The zero-order chi connectivity index (χ0) is 8.85. The van der Waals surface area contributed by atoms with Crippen molar-refractivity contribution < 1.29 is 14.2 Å². The number of aliphatic hydroxyl groups is 1. The fourth-order valence-corrected chi connectivity index (χ4v) is 1.50. The third-order valence-corrected chi connectivity index (χ3v) is 2.23. The number of rotatable bonds is 5. The van der Waals surface area contributed by atoms with Gasteiger partial charge < -0.3 is 5.11 Å². The van der Waals surface area contributed by atoms with Crippen LogP contribution in [0.25, 0.3) is 0 Å². The molecule has 0 fully saturated rings. The monoisotopic (exact) mass is 179 g/mol. The Labute approximate surface area is 68.6 Å². The summed E-state index contributed by atoms with van der Waals surface area (Å²) in [5, 5.41) is 8.82. The topological polar surface area (TPSA) is 46.5 Å². The van der Waals surface area contributed by atoms with E-state index in [1.54, 1.807) is 6.92 Å². The predicted octanol–water partition coefficient (Wildman–Crippen LogP) is 1.78. The summed E-state index contributed by atoms with van der Waals surface area (Å²) in [5.74, 6) is 0.392. The Morgan fingerprint density at radius 3 is 2.36 bits per heavy atom. The second-order valence-corrected chi connectivity index (χ2v) is 4.34. The summed E-state index contributed by atoms with van der Waals surface area (Å²) in [7, 11) is -1.65. The number of hydrogen-bond donors (Lipinski definition) is 1. The molecular formula is C7H16O3P+. The molecule has 0 aliphatic heterocycles. The SMILES string of the molecule is CC(C)CO[P+](=O)CC(C)O. The van der Waals surface area contributed by atoms with Gasteiger partial charge in [0.2, 0.25) is 6.16 Å². The molecule has 0 bridgehead atoms. The van der Waals surface area contributed by atoms with Crippen LogP contribution in [-0.4, -0.2) is 24.0 Å². The van der Waals surface area contributed by atoms with Crippen molar-refractivity contribution in [2.24, 2.45) is 5.92 Å². The fourth-order valence-electron chi connectivity index (χ4n) is 0.501. The van der Waals surface area contributed by atoms with Gasteiger partial charge in [-0.05, 0) is 17.4 Å². The predicted molar refractivity (Wildman–Crippen MR) is 44.9 cm³/mol. The molecule has 4 heteroatoms. The zero-order valence-corrected chi connectivity index (χ0v) is 8.17. The molecule has 0 heterocycles. The van der Waals surface area contributed by atoms with Gasteiger partial charge in [0.05, 0.1) is 6.10 Å². The minimum absolute atomic E-state index is 0.238. The summed E-state index contributed by atoms with van der Waals surface area (Å²) in [6.45, 7) is 6.09. The van der Waals surface area contributed by atoms with Crippen molar-refractivity contribution in [3.05, 3.63) is 0 Å². The summed E-state index contributed by atoms with van der Waals surface area (Å²) in [6, 6.07) is 0. The van der Waals surface area contributed by atoms with Crippen LogP contribution < -0.4 is 0 Å². The Morgan fingerprint density at radius 2 is 2.00 bits per heavy atom. The summed E-state index contributed by atoms with van der Waals surface area (Å²) in [5.41, 5.74) is 0. The highest BCUT2D eigenvalue weighted by Crippen LogP contribution is 2.23. The number of aliphatic hydroxyl groups excluding tert-OH is 1. The highest BCUT2D eigenvalue weighted by Gasteiger charge is 2.20. The van der Waals surface area contributed by atoms with Gasteiger partial charge in [0.25, 0.3) is 0 Å². The van der Waals surface area contributed by atoms with Gasteiger partial charge in [-0.3, -0.25) is 0 Å². The Kier molecular flexibility index (Phi) is 5.65. The summed E-state index contributed by atoms with van der Waals surface area (Å²) in [4.78, 5) is 0. The second kappa shape index (κ2) is 5.64. The molecule has 0 aromatic heterocycles. The van der Waals surface area contributed by atoms with E-state index in [4.69, 9.17) is 9.63 Å². The van der Waals surface area contributed by atoms with Gasteiger partial charge in [0.1, 0.15) is 6.61 Å². The average Bonchev–Trinajstić information content (AvgIpc) is 1.82. The Bertz CT molecular complexity index is 123. The minimum Gasteiger partial charge on any atom is -0.389 e. The van der Waals surface area contributed by atoms with E-state index in [-0.39, 0.29) is 6.16 Å². The molecule has 11 heavy (non-hydrogen) atoms. The van der Waals surface area contributed by atoms with Crippen LogP contribution >= 0.6 is 8.03 Å². The Morgan fingerprint density at radius 1 is 1.45 bits per heavy atom. The lowest BCUT2D eigenvalue weighted by Crippen LogP contribution is -2.05. The van der Waals surface area contributed by atoms with Crippen LogP contribution in [0.5, 0.6) is 0 Å². The normalized spacial score (nSPS) is 15.2. The summed E-state index contributed by atoms with van der Waals surface area (Å²) < 4.78 is 15.9. The van der Waals surface area contributed by atoms with Crippen molar-refractivity contribution in [1.82, 2.24) is 0 Å². The van der Waals surface area contributed by atoms with Crippen LogP contribution in [0.4, 0.5) is 0 Å². The van der Waals surface area contributed by atoms with Gasteiger partial charge in [-0.15, -0.1) is 4.52 Å². The molecule has 2 unspecified atom stereocenters. The maximum absolute atomic E-state index is 10.9. The maximum atomic E-state index is 10.9. The molecule has 0 radical (unpaired) electrons. The van der Waals surface area contributed by atoms with Crippen LogP contribution in [0.3, 0.4) is 0 Å². The van der Waals surface area contributed by atoms with Crippen molar-refractivity contribution in [3.8, 4) is 0 Å². The first-order valence-corrected chi connectivity index (χ1v) is 5.14. The van der Waals surface area contributed by atoms with E-state index in [2.05, 4.69) is 0 Å². The van der Waals surface area contributed by atoms with Crippen molar-refractivity contribution in [2.45, 2.75) is 26.9 Å². The first-order valence-electron chi connectivity index (χ1n) is 3.78. The largest absolute Gasteiger partial charge is 0.510 e. The molecule has 0 rings (SSSR count). The van der Waals surface area contributed by atoms with Gasteiger partial charge in [-0.25, -0.2) is 0 Å². The zero-order valence-electron chi connectivity index (χ0n) is 7.28. The van der Waals surface area contributed by atoms with Crippen molar-refractivity contribution in [2.75, 3.05) is 12.8 Å². The van der Waals surface area contributed by atoms with Crippen LogP contribution in [0.15, 0.2) is 0 Å². The Balaban J connectivity index is 3.38. The standard InChI is InChI=1S/C7H16O3P/c1-6(2)4-10-11(9)5-7(3)8/h6-8H,4-5H2,1-3H3/q+1. The number of hydrogen-bond acceptors (Lipinski definition) is 3. The minimum atomic E-state index is -1.65. The lowest BCUT2D eigenvalue weighted by Gasteiger charge is -1.97. The molecule has 0 aliphatic carbocycles. The highest BCUT2D eigenvalue weighted by atomic mass is 31.1. The quantitative estimate of drug-likeness (QED) is 0.654. The smallest absolute Gasteiger partial charge is 0.389 e. The molecule has 1 N–H and O–H groups in total. The van der Waals surface area contributed by atoms with Gasteiger partial charge in [0, 0.05) is 0 Å². The van der Waals surface area contributed by atoms with Gasteiger partial charge in [0.15, 0.2) is 0 Å². The molecule has 2 atom stereocenters. The third kappa shape index (κ3) is 7.92. The molecule has 0 saturated heterocycles. The van der Waals surface area contributed by atoms with E-state index in [0.29, 0.717) is 12.5 Å². The van der Waals surface area contributed by atoms with E-state index >= 15 is 0 Å². The molecule has 0 amide bonds. The van der Waals surface area contributed by atoms with E-state index in [9.17, 15) is 4.57 Å². The fraction of sp³-hybridized carbons (Fsp3) is 1.00. The van der Waals surface area contributed by atoms with Gasteiger partial charge in [-0.1, -0.05) is 13.8 Å². The van der Waals surface area contributed by atoms with Crippen LogP contribution in [-0.2, 0) is 9.09 Å². The van der Waals surface area contributed by atoms with Crippen LogP contribution in [0, 0.1) is 5.92 Å². The second-order valence-electron chi connectivity index (χ2n) is 3.05. The van der Waals surface area contributed by atoms with E-state index in [1.807, 2.05) is 13.8 Å². The van der Waals surface area contributed by atoms with Crippen molar-refractivity contribution in [1.29, 1.82) is 0 Å². The van der Waals surface area contributed by atoms with Crippen molar-refractivity contribution >= 4 is 8.03 Å². The highest BCUT2D eigenvalue weighted by molar-refractivity contribution is 7.39. The van der Waals surface area contributed by atoms with Crippen molar-refractivity contribution in [3.63, 3.8) is 0 Å². The molecular weight excluding hydrogens is 163 g/mol. The molecule has 0 aromatic carbocycles. The van der Waals surface area contributed by atoms with Crippen LogP contribution in [0.1, 0.15) is 20.8 Å². The molecule has 0 aliphatic rings. The van der Waals surface area contributed by atoms with E-state index in [1.165, 1.54) is 0 Å². The first-order chi connectivity index (χ1) is 5.02. The average molecular weight is 179 g/mol. The molecule has 0 saturated carbocycles. The van der Waals surface area contributed by atoms with Gasteiger partial charge in [-0.2, -0.15) is 0 Å². The first kappa shape index (κ1) is 11.0.